The lowest BCUT2D eigenvalue weighted by atomic mass is 10.2. The van der Waals surface area contributed by atoms with E-state index in [1.165, 1.54) is 64.3 Å². The SMILES string of the molecule is C(CCN1CCNCC1)CC1NCCS1. The van der Waals surface area contributed by atoms with E-state index in [1.54, 1.807) is 0 Å². The Balaban J connectivity index is 1.47. The van der Waals surface area contributed by atoms with E-state index in [-0.39, 0.29) is 0 Å². The molecule has 0 aliphatic carbocycles. The van der Waals surface area contributed by atoms with Crippen LogP contribution in [0.3, 0.4) is 0 Å². The summed E-state index contributed by atoms with van der Waals surface area (Å²) in [5, 5.41) is 7.69. The number of piperazine rings is 1. The first kappa shape index (κ1) is 11.7. The molecule has 0 aromatic carbocycles. The molecule has 0 aromatic heterocycles. The van der Waals surface area contributed by atoms with Gasteiger partial charge in [0.2, 0.25) is 0 Å². The summed E-state index contributed by atoms with van der Waals surface area (Å²) in [6, 6.07) is 0. The smallest absolute Gasteiger partial charge is 0.0532 e. The van der Waals surface area contributed by atoms with Crippen molar-refractivity contribution in [3.05, 3.63) is 0 Å². The van der Waals surface area contributed by atoms with Gasteiger partial charge in [-0.15, -0.1) is 11.8 Å². The van der Waals surface area contributed by atoms with Gasteiger partial charge >= 0.3 is 0 Å². The molecule has 4 heteroatoms. The van der Waals surface area contributed by atoms with Crippen LogP contribution in [-0.4, -0.2) is 55.3 Å². The molecule has 0 saturated carbocycles. The van der Waals surface area contributed by atoms with Crippen LogP contribution >= 0.6 is 11.8 Å². The van der Waals surface area contributed by atoms with Gasteiger partial charge in [-0.3, -0.25) is 0 Å². The van der Waals surface area contributed by atoms with Gasteiger partial charge in [0.05, 0.1) is 5.37 Å². The van der Waals surface area contributed by atoms with Gasteiger partial charge < -0.3 is 15.5 Å². The zero-order chi connectivity index (χ0) is 10.3. The second kappa shape index (κ2) is 6.74. The monoisotopic (exact) mass is 229 g/mol. The van der Waals surface area contributed by atoms with Crippen LogP contribution < -0.4 is 10.6 Å². The van der Waals surface area contributed by atoms with Crippen LogP contribution in [0.2, 0.25) is 0 Å². The first-order valence-corrected chi connectivity index (χ1v) is 7.28. The normalized spacial score (nSPS) is 28.4. The van der Waals surface area contributed by atoms with Crippen LogP contribution in [0.1, 0.15) is 19.3 Å². The van der Waals surface area contributed by atoms with Crippen molar-refractivity contribution in [1.82, 2.24) is 15.5 Å². The second-order valence-electron chi connectivity index (χ2n) is 4.40. The largest absolute Gasteiger partial charge is 0.314 e. The molecule has 2 aliphatic rings. The molecule has 88 valence electrons. The molecule has 2 rings (SSSR count). The Morgan fingerprint density at radius 3 is 2.73 bits per heavy atom. The Kier molecular flexibility index (Phi) is 5.26. The van der Waals surface area contributed by atoms with E-state index in [2.05, 4.69) is 27.3 Å². The van der Waals surface area contributed by atoms with Gasteiger partial charge in [0.25, 0.3) is 0 Å². The first-order chi connectivity index (χ1) is 7.45. The van der Waals surface area contributed by atoms with E-state index in [0.29, 0.717) is 0 Å². The molecule has 2 saturated heterocycles. The lowest BCUT2D eigenvalue weighted by Gasteiger charge is -2.27. The Hall–Kier alpha value is 0.230. The fraction of sp³-hybridized carbons (Fsp3) is 1.00. The molecule has 0 radical (unpaired) electrons. The molecule has 2 fully saturated rings. The minimum atomic E-state index is 0.757. The Labute approximate surface area is 97.4 Å². The zero-order valence-corrected chi connectivity index (χ0v) is 10.3. The van der Waals surface area contributed by atoms with Crippen molar-refractivity contribution < 1.29 is 0 Å². The molecule has 0 spiro atoms. The zero-order valence-electron chi connectivity index (χ0n) is 9.50. The molecule has 0 aromatic rings. The molecular formula is C11H23N3S. The lowest BCUT2D eigenvalue weighted by molar-refractivity contribution is 0.236. The van der Waals surface area contributed by atoms with Crippen LogP contribution in [0.4, 0.5) is 0 Å². The van der Waals surface area contributed by atoms with Crippen molar-refractivity contribution >= 4 is 11.8 Å². The van der Waals surface area contributed by atoms with Gasteiger partial charge in [-0.25, -0.2) is 0 Å². The topological polar surface area (TPSA) is 27.3 Å². The van der Waals surface area contributed by atoms with Crippen molar-refractivity contribution in [3.63, 3.8) is 0 Å². The van der Waals surface area contributed by atoms with Crippen LogP contribution in [0, 0.1) is 0 Å². The number of unbranched alkanes of at least 4 members (excludes halogenated alkanes) is 1. The van der Waals surface area contributed by atoms with Crippen molar-refractivity contribution in [2.45, 2.75) is 24.6 Å². The summed E-state index contributed by atoms with van der Waals surface area (Å²) in [5.41, 5.74) is 0. The third-order valence-corrected chi connectivity index (χ3v) is 4.44. The van der Waals surface area contributed by atoms with E-state index >= 15 is 0 Å². The first-order valence-electron chi connectivity index (χ1n) is 6.23. The highest BCUT2D eigenvalue weighted by Crippen LogP contribution is 2.18. The summed E-state index contributed by atoms with van der Waals surface area (Å²) in [4.78, 5) is 2.59. The van der Waals surface area contributed by atoms with Gasteiger partial charge in [0.1, 0.15) is 0 Å². The molecule has 1 atom stereocenters. The third-order valence-electron chi connectivity index (χ3n) is 3.19. The lowest BCUT2D eigenvalue weighted by Crippen LogP contribution is -2.43. The van der Waals surface area contributed by atoms with E-state index in [4.69, 9.17) is 0 Å². The highest BCUT2D eigenvalue weighted by Gasteiger charge is 2.14. The van der Waals surface area contributed by atoms with Crippen molar-refractivity contribution in [3.8, 4) is 0 Å². The summed E-state index contributed by atoms with van der Waals surface area (Å²) >= 11 is 2.09. The molecule has 0 bridgehead atoms. The Bertz CT molecular complexity index is 165. The average Bonchev–Trinajstić information content (AvgIpc) is 2.79. The maximum atomic E-state index is 3.53. The predicted molar refractivity (Wildman–Crippen MR) is 67.4 cm³/mol. The number of rotatable bonds is 5. The number of thioether (sulfide) groups is 1. The molecule has 0 amide bonds. The predicted octanol–water partition coefficient (Wildman–Crippen LogP) is 0.724. The summed E-state index contributed by atoms with van der Waals surface area (Å²) in [6.07, 6.45) is 4.12. The van der Waals surface area contributed by atoms with Crippen molar-refractivity contribution in [1.29, 1.82) is 0 Å². The van der Waals surface area contributed by atoms with E-state index < -0.39 is 0 Å². The summed E-state index contributed by atoms with van der Waals surface area (Å²) in [6.45, 7) is 7.37. The number of hydrogen-bond acceptors (Lipinski definition) is 4. The minimum Gasteiger partial charge on any atom is -0.314 e. The van der Waals surface area contributed by atoms with E-state index in [9.17, 15) is 0 Å². The van der Waals surface area contributed by atoms with Crippen LogP contribution in [0.15, 0.2) is 0 Å². The fourth-order valence-corrected chi connectivity index (χ4v) is 3.35. The second-order valence-corrected chi connectivity index (χ2v) is 5.71. The minimum absolute atomic E-state index is 0.757. The van der Waals surface area contributed by atoms with Crippen molar-refractivity contribution in [2.75, 3.05) is 45.0 Å². The van der Waals surface area contributed by atoms with E-state index in [0.717, 1.165) is 5.37 Å². The average molecular weight is 229 g/mol. The maximum Gasteiger partial charge on any atom is 0.0532 e. The number of nitrogens with one attached hydrogen (secondary N) is 2. The number of nitrogens with zero attached hydrogens (tertiary/aromatic N) is 1. The third kappa shape index (κ3) is 4.31. The van der Waals surface area contributed by atoms with Gasteiger partial charge in [-0.05, 0) is 25.8 Å². The standard InChI is InChI=1S/C11H23N3S/c1(3-11-13-6-10-15-11)2-7-14-8-4-12-5-9-14/h11-13H,1-10H2. The van der Waals surface area contributed by atoms with Gasteiger partial charge in [-0.2, -0.15) is 0 Å². The number of hydrogen-bond donors (Lipinski definition) is 2. The molecular weight excluding hydrogens is 206 g/mol. The van der Waals surface area contributed by atoms with Crippen LogP contribution in [0.25, 0.3) is 0 Å². The quantitative estimate of drug-likeness (QED) is 0.680. The van der Waals surface area contributed by atoms with Crippen LogP contribution in [0.5, 0.6) is 0 Å². The Morgan fingerprint density at radius 2 is 2.00 bits per heavy atom. The highest BCUT2D eigenvalue weighted by atomic mass is 32.2. The Morgan fingerprint density at radius 1 is 1.13 bits per heavy atom. The van der Waals surface area contributed by atoms with Gasteiger partial charge in [-0.1, -0.05) is 0 Å². The molecule has 3 nitrogen and oxygen atoms in total. The van der Waals surface area contributed by atoms with Crippen LogP contribution in [-0.2, 0) is 0 Å². The summed E-state index contributed by atoms with van der Waals surface area (Å²) in [5.74, 6) is 1.31. The fourth-order valence-electron chi connectivity index (χ4n) is 2.27. The maximum absolute atomic E-state index is 3.53. The van der Waals surface area contributed by atoms with Crippen molar-refractivity contribution in [2.24, 2.45) is 0 Å². The summed E-state index contributed by atoms with van der Waals surface area (Å²) < 4.78 is 0. The van der Waals surface area contributed by atoms with Gasteiger partial charge in [0.15, 0.2) is 0 Å². The van der Waals surface area contributed by atoms with E-state index in [1.807, 2.05) is 0 Å². The van der Waals surface area contributed by atoms with Gasteiger partial charge in [0, 0.05) is 38.5 Å². The molecule has 1 unspecified atom stereocenters. The molecule has 2 heterocycles. The molecule has 15 heavy (non-hydrogen) atoms. The summed E-state index contributed by atoms with van der Waals surface area (Å²) in [7, 11) is 0. The highest BCUT2D eigenvalue weighted by molar-refractivity contribution is 8.00. The molecule has 2 aliphatic heterocycles. The molecule has 2 N–H and O–H groups in total.